The van der Waals surface area contributed by atoms with Gasteiger partial charge < -0.3 is 0 Å². The Bertz CT molecular complexity index is 807. The number of aromatic nitrogens is 2. The highest BCUT2D eigenvalue weighted by Crippen LogP contribution is 2.29. The highest BCUT2D eigenvalue weighted by atomic mass is 16.1. The molecule has 24 heavy (non-hydrogen) atoms. The Balaban J connectivity index is 2.59. The number of nitriles is 1. The van der Waals surface area contributed by atoms with Crippen LogP contribution in [0.3, 0.4) is 0 Å². The van der Waals surface area contributed by atoms with Crippen molar-refractivity contribution >= 4 is 5.78 Å². The standard InChI is InChI=1S/C20H25N3O/c1-12(2)9-18(24)20-15(6)19(22-23(20)13(3)4)16-7-8-17(11-21)14(5)10-16/h7-8,10,12-13H,9H2,1-6H3. The lowest BCUT2D eigenvalue weighted by molar-refractivity contribution is 0.0955. The van der Waals surface area contributed by atoms with Crippen LogP contribution in [0.5, 0.6) is 0 Å². The number of nitrogens with zero attached hydrogens (tertiary/aromatic N) is 3. The van der Waals surface area contributed by atoms with E-state index in [-0.39, 0.29) is 11.8 Å². The summed E-state index contributed by atoms with van der Waals surface area (Å²) in [5.74, 6) is 0.452. The molecule has 0 aliphatic rings. The molecule has 0 bridgehead atoms. The second-order valence-corrected chi connectivity index (χ2v) is 7.02. The molecule has 0 spiro atoms. The molecule has 1 aromatic heterocycles. The third kappa shape index (κ3) is 3.41. The smallest absolute Gasteiger partial charge is 0.181 e. The van der Waals surface area contributed by atoms with E-state index in [2.05, 4.69) is 6.07 Å². The summed E-state index contributed by atoms with van der Waals surface area (Å²) in [6.45, 7) is 12.0. The van der Waals surface area contributed by atoms with E-state index in [0.29, 0.717) is 23.6 Å². The summed E-state index contributed by atoms with van der Waals surface area (Å²) in [6.07, 6.45) is 0.519. The molecule has 1 aromatic carbocycles. The molecule has 0 atom stereocenters. The van der Waals surface area contributed by atoms with Crippen molar-refractivity contribution in [3.05, 3.63) is 40.6 Å². The number of benzene rings is 1. The minimum Gasteiger partial charge on any atom is -0.292 e. The Kier molecular flexibility index (Phi) is 5.23. The van der Waals surface area contributed by atoms with Crippen LogP contribution in [0.1, 0.15) is 67.3 Å². The first kappa shape index (κ1) is 17.9. The topological polar surface area (TPSA) is 58.7 Å². The lowest BCUT2D eigenvalue weighted by atomic mass is 9.98. The van der Waals surface area contributed by atoms with Gasteiger partial charge in [0.15, 0.2) is 5.78 Å². The van der Waals surface area contributed by atoms with E-state index in [1.807, 2.05) is 64.4 Å². The average molecular weight is 323 g/mol. The molecule has 0 saturated heterocycles. The second kappa shape index (κ2) is 7.00. The molecule has 0 fully saturated rings. The van der Waals surface area contributed by atoms with E-state index in [1.54, 1.807) is 0 Å². The van der Waals surface area contributed by atoms with Crippen molar-refractivity contribution in [3.63, 3.8) is 0 Å². The molecule has 0 amide bonds. The van der Waals surface area contributed by atoms with Crippen molar-refractivity contribution < 1.29 is 4.79 Å². The molecule has 4 heteroatoms. The van der Waals surface area contributed by atoms with Gasteiger partial charge in [-0.05, 0) is 51.3 Å². The van der Waals surface area contributed by atoms with Crippen LogP contribution in [-0.2, 0) is 0 Å². The van der Waals surface area contributed by atoms with E-state index in [1.165, 1.54) is 0 Å². The summed E-state index contributed by atoms with van der Waals surface area (Å²) in [6, 6.07) is 7.98. The van der Waals surface area contributed by atoms with Crippen LogP contribution in [0.2, 0.25) is 0 Å². The molecular weight excluding hydrogens is 298 g/mol. The van der Waals surface area contributed by atoms with Gasteiger partial charge in [0.25, 0.3) is 0 Å². The van der Waals surface area contributed by atoms with Crippen molar-refractivity contribution in [2.45, 2.75) is 54.0 Å². The normalized spacial score (nSPS) is 11.1. The van der Waals surface area contributed by atoms with Gasteiger partial charge >= 0.3 is 0 Å². The molecule has 0 radical (unpaired) electrons. The van der Waals surface area contributed by atoms with Gasteiger partial charge in [-0.1, -0.05) is 19.9 Å². The number of Topliss-reactive ketones (excluding diaryl/α,β-unsaturated/α-hetero) is 1. The van der Waals surface area contributed by atoms with Crippen LogP contribution in [0.25, 0.3) is 11.3 Å². The third-order valence-corrected chi connectivity index (χ3v) is 4.11. The summed E-state index contributed by atoms with van der Waals surface area (Å²) in [4.78, 5) is 12.7. The molecule has 0 aliphatic heterocycles. The van der Waals surface area contributed by atoms with Gasteiger partial charge in [0.05, 0.1) is 17.3 Å². The predicted molar refractivity (Wildman–Crippen MR) is 96.0 cm³/mol. The van der Waals surface area contributed by atoms with Gasteiger partial charge in [0.2, 0.25) is 0 Å². The van der Waals surface area contributed by atoms with Crippen LogP contribution in [0.4, 0.5) is 0 Å². The molecule has 0 N–H and O–H groups in total. The molecule has 2 aromatic rings. The van der Waals surface area contributed by atoms with Gasteiger partial charge in [0.1, 0.15) is 5.69 Å². The lowest BCUT2D eigenvalue weighted by Gasteiger charge is -2.11. The summed E-state index contributed by atoms with van der Waals surface area (Å²) in [5.41, 5.74) is 4.97. The van der Waals surface area contributed by atoms with E-state index < -0.39 is 0 Å². The SMILES string of the molecule is Cc1cc(-c2nn(C(C)C)c(C(=O)CC(C)C)c2C)ccc1C#N. The predicted octanol–water partition coefficient (Wildman–Crippen LogP) is 4.85. The first-order valence-corrected chi connectivity index (χ1v) is 8.39. The van der Waals surface area contributed by atoms with Crippen molar-refractivity contribution in [1.29, 1.82) is 5.26 Å². The van der Waals surface area contributed by atoms with E-state index in [9.17, 15) is 4.79 Å². The fourth-order valence-corrected chi connectivity index (χ4v) is 2.91. The average Bonchev–Trinajstić information content (AvgIpc) is 2.84. The highest BCUT2D eigenvalue weighted by Gasteiger charge is 2.23. The van der Waals surface area contributed by atoms with Gasteiger partial charge in [-0.25, -0.2) is 0 Å². The molecule has 0 aliphatic carbocycles. The summed E-state index contributed by atoms with van der Waals surface area (Å²) < 4.78 is 1.84. The Morgan fingerprint density at radius 1 is 1.25 bits per heavy atom. The molecule has 0 unspecified atom stereocenters. The maximum atomic E-state index is 12.7. The van der Waals surface area contributed by atoms with Crippen molar-refractivity contribution in [2.24, 2.45) is 5.92 Å². The second-order valence-electron chi connectivity index (χ2n) is 7.02. The first-order chi connectivity index (χ1) is 11.3. The number of rotatable bonds is 5. The minimum absolute atomic E-state index is 0.114. The fourth-order valence-electron chi connectivity index (χ4n) is 2.91. The van der Waals surface area contributed by atoms with Crippen LogP contribution < -0.4 is 0 Å². The Morgan fingerprint density at radius 2 is 1.92 bits per heavy atom. The van der Waals surface area contributed by atoms with Gasteiger partial charge in [-0.2, -0.15) is 10.4 Å². The van der Waals surface area contributed by atoms with E-state index >= 15 is 0 Å². The summed E-state index contributed by atoms with van der Waals surface area (Å²) in [5, 5.41) is 13.8. The number of carbonyl (C=O) groups is 1. The lowest BCUT2D eigenvalue weighted by Crippen LogP contribution is -2.15. The number of carbonyl (C=O) groups excluding carboxylic acids is 1. The molecule has 1 heterocycles. The molecular formula is C20H25N3O. The largest absolute Gasteiger partial charge is 0.292 e. The zero-order valence-electron chi connectivity index (χ0n) is 15.3. The van der Waals surface area contributed by atoms with Crippen LogP contribution >= 0.6 is 0 Å². The maximum Gasteiger partial charge on any atom is 0.181 e. The quantitative estimate of drug-likeness (QED) is 0.739. The van der Waals surface area contributed by atoms with E-state index in [4.69, 9.17) is 10.4 Å². The Hall–Kier alpha value is -2.41. The molecule has 0 saturated carbocycles. The van der Waals surface area contributed by atoms with E-state index in [0.717, 1.165) is 22.4 Å². The Morgan fingerprint density at radius 3 is 2.42 bits per heavy atom. The molecule has 126 valence electrons. The fraction of sp³-hybridized carbons (Fsp3) is 0.450. The van der Waals surface area contributed by atoms with Crippen molar-refractivity contribution in [2.75, 3.05) is 0 Å². The minimum atomic E-state index is 0.114. The Labute approximate surface area is 144 Å². The summed E-state index contributed by atoms with van der Waals surface area (Å²) >= 11 is 0. The van der Waals surface area contributed by atoms with Crippen LogP contribution in [0.15, 0.2) is 18.2 Å². The van der Waals surface area contributed by atoms with Crippen molar-refractivity contribution in [1.82, 2.24) is 9.78 Å². The number of aryl methyl sites for hydroxylation is 1. The number of hydrogen-bond acceptors (Lipinski definition) is 3. The van der Waals surface area contributed by atoms with Gasteiger partial charge in [-0.3, -0.25) is 9.48 Å². The van der Waals surface area contributed by atoms with Crippen LogP contribution in [0, 0.1) is 31.1 Å². The monoisotopic (exact) mass is 323 g/mol. The molecule has 4 nitrogen and oxygen atoms in total. The molecule has 2 rings (SSSR count). The maximum absolute atomic E-state index is 12.7. The number of ketones is 1. The van der Waals surface area contributed by atoms with Crippen molar-refractivity contribution in [3.8, 4) is 17.3 Å². The highest BCUT2D eigenvalue weighted by molar-refractivity contribution is 5.97. The first-order valence-electron chi connectivity index (χ1n) is 8.39. The summed E-state index contributed by atoms with van der Waals surface area (Å²) in [7, 11) is 0. The number of hydrogen-bond donors (Lipinski definition) is 0. The van der Waals surface area contributed by atoms with Gasteiger partial charge in [-0.15, -0.1) is 0 Å². The zero-order valence-corrected chi connectivity index (χ0v) is 15.3. The van der Waals surface area contributed by atoms with Gasteiger partial charge in [0, 0.05) is 23.6 Å². The zero-order chi connectivity index (χ0) is 18.0. The third-order valence-electron chi connectivity index (χ3n) is 4.11. The van der Waals surface area contributed by atoms with Crippen LogP contribution in [-0.4, -0.2) is 15.6 Å².